The molecule has 1 heterocycles. The van der Waals surface area contributed by atoms with E-state index in [9.17, 15) is 4.39 Å². The molecular formula is C16H19BrFNS. The third-order valence-electron chi connectivity index (χ3n) is 3.28. The fourth-order valence-corrected chi connectivity index (χ4v) is 3.83. The van der Waals surface area contributed by atoms with Crippen molar-refractivity contribution < 1.29 is 4.39 Å². The minimum absolute atomic E-state index is 0.167. The molecule has 1 aromatic carbocycles. The number of hydrogen-bond acceptors (Lipinski definition) is 2. The standard InChI is InChI=1S/C16H19BrFNS/c1-3-8-19-15(10-13-5-7-16(17)20-13)14-6-4-12(18)9-11(14)2/h4-7,9,15,19H,3,8,10H2,1-2H3. The molecule has 0 amide bonds. The van der Waals surface area contributed by atoms with Crippen molar-refractivity contribution in [2.75, 3.05) is 6.54 Å². The smallest absolute Gasteiger partial charge is 0.123 e. The first kappa shape index (κ1) is 15.7. The Balaban J connectivity index is 2.22. The van der Waals surface area contributed by atoms with Crippen LogP contribution in [0.25, 0.3) is 0 Å². The summed E-state index contributed by atoms with van der Waals surface area (Å²) in [6, 6.07) is 9.53. The molecule has 2 rings (SSSR count). The van der Waals surface area contributed by atoms with Gasteiger partial charge < -0.3 is 5.32 Å². The summed E-state index contributed by atoms with van der Waals surface area (Å²) in [7, 11) is 0. The number of rotatable bonds is 6. The molecule has 0 aliphatic carbocycles. The van der Waals surface area contributed by atoms with Crippen molar-refractivity contribution in [1.29, 1.82) is 0 Å². The molecule has 1 aromatic heterocycles. The van der Waals surface area contributed by atoms with E-state index in [2.05, 4.69) is 40.3 Å². The van der Waals surface area contributed by atoms with Crippen molar-refractivity contribution in [3.63, 3.8) is 0 Å². The van der Waals surface area contributed by atoms with Crippen LogP contribution in [0.15, 0.2) is 34.1 Å². The summed E-state index contributed by atoms with van der Waals surface area (Å²) in [6.45, 7) is 5.10. The second kappa shape index (κ2) is 7.34. The van der Waals surface area contributed by atoms with E-state index in [0.717, 1.165) is 28.7 Å². The van der Waals surface area contributed by atoms with E-state index in [4.69, 9.17) is 0 Å². The van der Waals surface area contributed by atoms with Gasteiger partial charge in [0.15, 0.2) is 0 Å². The maximum Gasteiger partial charge on any atom is 0.123 e. The van der Waals surface area contributed by atoms with Crippen LogP contribution in [-0.4, -0.2) is 6.54 Å². The predicted octanol–water partition coefficient (Wildman–Crippen LogP) is 5.24. The number of thiophene rings is 1. The van der Waals surface area contributed by atoms with Crippen molar-refractivity contribution in [3.05, 3.63) is 55.9 Å². The molecule has 1 nitrogen and oxygen atoms in total. The summed E-state index contributed by atoms with van der Waals surface area (Å²) in [4.78, 5) is 1.33. The van der Waals surface area contributed by atoms with Crippen molar-refractivity contribution in [3.8, 4) is 0 Å². The van der Waals surface area contributed by atoms with Crippen molar-refractivity contribution >= 4 is 27.3 Å². The van der Waals surface area contributed by atoms with Crippen LogP contribution in [0, 0.1) is 12.7 Å². The van der Waals surface area contributed by atoms with Gasteiger partial charge in [-0.15, -0.1) is 11.3 Å². The molecule has 0 saturated carbocycles. The zero-order chi connectivity index (χ0) is 14.5. The highest BCUT2D eigenvalue weighted by atomic mass is 79.9. The van der Waals surface area contributed by atoms with Gasteiger partial charge in [-0.3, -0.25) is 0 Å². The van der Waals surface area contributed by atoms with E-state index in [1.165, 1.54) is 10.4 Å². The van der Waals surface area contributed by atoms with Crippen molar-refractivity contribution in [2.24, 2.45) is 0 Å². The Morgan fingerprint density at radius 1 is 1.30 bits per heavy atom. The molecule has 4 heteroatoms. The van der Waals surface area contributed by atoms with Gasteiger partial charge in [0.25, 0.3) is 0 Å². The molecule has 0 fully saturated rings. The average Bonchev–Trinajstić information content (AvgIpc) is 2.80. The lowest BCUT2D eigenvalue weighted by Crippen LogP contribution is -2.24. The monoisotopic (exact) mass is 355 g/mol. The third kappa shape index (κ3) is 4.14. The first-order valence-electron chi connectivity index (χ1n) is 6.83. The summed E-state index contributed by atoms with van der Waals surface area (Å²) < 4.78 is 14.4. The molecule has 0 aliphatic heterocycles. The number of aryl methyl sites for hydroxylation is 1. The highest BCUT2D eigenvalue weighted by Gasteiger charge is 2.15. The van der Waals surface area contributed by atoms with Crippen molar-refractivity contribution in [2.45, 2.75) is 32.7 Å². The zero-order valence-corrected chi connectivity index (χ0v) is 14.2. The van der Waals surface area contributed by atoms with Gasteiger partial charge in [-0.05, 0) is 71.2 Å². The molecule has 1 unspecified atom stereocenters. The van der Waals surface area contributed by atoms with Crippen LogP contribution >= 0.6 is 27.3 Å². The number of benzene rings is 1. The second-order valence-electron chi connectivity index (χ2n) is 4.92. The molecule has 0 spiro atoms. The average molecular weight is 356 g/mol. The second-order valence-corrected chi connectivity index (χ2v) is 7.47. The van der Waals surface area contributed by atoms with Crippen LogP contribution in [-0.2, 0) is 6.42 Å². The van der Waals surface area contributed by atoms with Crippen LogP contribution in [0.3, 0.4) is 0 Å². The highest BCUT2D eigenvalue weighted by Crippen LogP contribution is 2.28. The molecule has 1 atom stereocenters. The number of hydrogen-bond donors (Lipinski definition) is 1. The van der Waals surface area contributed by atoms with Gasteiger partial charge in [0.05, 0.1) is 3.79 Å². The summed E-state index contributed by atoms with van der Waals surface area (Å²) in [5.41, 5.74) is 2.19. The Labute approximate surface area is 132 Å². The first-order valence-corrected chi connectivity index (χ1v) is 8.44. The maximum absolute atomic E-state index is 13.3. The molecule has 1 N–H and O–H groups in total. The largest absolute Gasteiger partial charge is 0.310 e. The van der Waals surface area contributed by atoms with Gasteiger partial charge in [-0.25, -0.2) is 4.39 Å². The van der Waals surface area contributed by atoms with Crippen LogP contribution in [0.2, 0.25) is 0 Å². The summed E-state index contributed by atoms with van der Waals surface area (Å²) in [5.74, 6) is -0.167. The Hall–Kier alpha value is -0.710. The summed E-state index contributed by atoms with van der Waals surface area (Å²) >= 11 is 5.26. The Bertz CT molecular complexity index is 567. The van der Waals surface area contributed by atoms with Gasteiger partial charge in [0.1, 0.15) is 5.82 Å². The van der Waals surface area contributed by atoms with Gasteiger partial charge in [-0.1, -0.05) is 13.0 Å². The topological polar surface area (TPSA) is 12.0 Å². The Morgan fingerprint density at radius 3 is 2.70 bits per heavy atom. The lowest BCUT2D eigenvalue weighted by Gasteiger charge is -2.20. The number of halogens is 2. The van der Waals surface area contributed by atoms with Crippen molar-refractivity contribution in [1.82, 2.24) is 5.32 Å². The van der Waals surface area contributed by atoms with Crippen LogP contribution in [0.1, 0.15) is 35.4 Å². The fourth-order valence-electron chi connectivity index (χ4n) is 2.30. The fraction of sp³-hybridized carbons (Fsp3) is 0.375. The molecular weight excluding hydrogens is 337 g/mol. The van der Waals surface area contributed by atoms with Gasteiger partial charge in [0, 0.05) is 17.3 Å². The minimum atomic E-state index is -0.167. The van der Waals surface area contributed by atoms with Gasteiger partial charge in [-0.2, -0.15) is 0 Å². The van der Waals surface area contributed by atoms with Crippen LogP contribution in [0.4, 0.5) is 4.39 Å². The lowest BCUT2D eigenvalue weighted by molar-refractivity contribution is 0.528. The molecule has 0 bridgehead atoms. The molecule has 0 saturated heterocycles. The first-order chi connectivity index (χ1) is 9.60. The highest BCUT2D eigenvalue weighted by molar-refractivity contribution is 9.11. The zero-order valence-electron chi connectivity index (χ0n) is 11.7. The molecule has 0 aliphatic rings. The quantitative estimate of drug-likeness (QED) is 0.746. The molecule has 20 heavy (non-hydrogen) atoms. The number of nitrogens with one attached hydrogen (secondary N) is 1. The summed E-state index contributed by atoms with van der Waals surface area (Å²) in [6.07, 6.45) is 2.02. The predicted molar refractivity (Wildman–Crippen MR) is 87.9 cm³/mol. The van der Waals surface area contributed by atoms with Crippen LogP contribution < -0.4 is 5.32 Å². The van der Waals surface area contributed by atoms with Crippen LogP contribution in [0.5, 0.6) is 0 Å². The van der Waals surface area contributed by atoms with E-state index in [-0.39, 0.29) is 11.9 Å². The Kier molecular flexibility index (Phi) is 5.75. The molecule has 108 valence electrons. The normalized spacial score (nSPS) is 12.6. The minimum Gasteiger partial charge on any atom is -0.310 e. The lowest BCUT2D eigenvalue weighted by atomic mass is 9.98. The van der Waals surface area contributed by atoms with E-state index >= 15 is 0 Å². The Morgan fingerprint density at radius 2 is 2.10 bits per heavy atom. The van der Waals surface area contributed by atoms with E-state index in [1.54, 1.807) is 23.5 Å². The molecule has 0 radical (unpaired) electrons. The molecule has 2 aromatic rings. The van der Waals surface area contributed by atoms with E-state index < -0.39 is 0 Å². The third-order valence-corrected chi connectivity index (χ3v) is 4.93. The van der Waals surface area contributed by atoms with E-state index in [1.807, 2.05) is 13.0 Å². The van der Waals surface area contributed by atoms with Gasteiger partial charge >= 0.3 is 0 Å². The van der Waals surface area contributed by atoms with Gasteiger partial charge in [0.2, 0.25) is 0 Å². The maximum atomic E-state index is 13.3. The SMILES string of the molecule is CCCNC(Cc1ccc(Br)s1)c1ccc(F)cc1C. The van der Waals surface area contributed by atoms with E-state index in [0.29, 0.717) is 0 Å². The summed E-state index contributed by atoms with van der Waals surface area (Å²) in [5, 5.41) is 3.57.